The van der Waals surface area contributed by atoms with E-state index in [1.54, 1.807) is 0 Å². The van der Waals surface area contributed by atoms with Crippen LogP contribution in [0.3, 0.4) is 0 Å². The summed E-state index contributed by atoms with van der Waals surface area (Å²) < 4.78 is 0. The topological polar surface area (TPSA) is 109 Å². The molecule has 0 aliphatic carbocycles. The Morgan fingerprint density at radius 3 is 1.91 bits per heavy atom. The maximum Gasteiger partial charge on any atom is 0.303 e. The minimum Gasteiger partial charge on any atom is -0.481 e. The Morgan fingerprint density at radius 2 is 1.43 bits per heavy atom. The van der Waals surface area contributed by atoms with Crippen molar-refractivity contribution in [1.29, 1.82) is 0 Å². The van der Waals surface area contributed by atoms with Crippen LogP contribution in [-0.4, -0.2) is 28.9 Å². The number of carbonyl (C=O) groups is 3. The lowest BCUT2D eigenvalue weighted by molar-refractivity contribution is -0.137. The van der Waals surface area contributed by atoms with E-state index in [1.807, 2.05) is 0 Å². The van der Waals surface area contributed by atoms with Crippen molar-refractivity contribution in [3.05, 3.63) is 0 Å². The predicted molar refractivity (Wildman–Crippen MR) is 89.8 cm³/mol. The first-order valence-corrected chi connectivity index (χ1v) is 8.77. The number of carbonyl (C=O) groups excluding carboxylic acids is 2. The van der Waals surface area contributed by atoms with Crippen LogP contribution < -0.4 is 11.1 Å². The molecule has 0 spiro atoms. The van der Waals surface area contributed by atoms with Crippen molar-refractivity contribution < 1.29 is 19.5 Å². The SMILES string of the molecule is CCCCCCCCCCCC(=O)NC(CCC(=O)O)C(N)=O. The van der Waals surface area contributed by atoms with Crippen LogP contribution in [0.15, 0.2) is 0 Å². The maximum atomic E-state index is 11.7. The zero-order valence-electron chi connectivity index (χ0n) is 14.3. The van der Waals surface area contributed by atoms with Crippen molar-refractivity contribution in [2.45, 2.75) is 90.0 Å². The first-order chi connectivity index (χ1) is 11.0. The molecule has 2 amide bonds. The summed E-state index contributed by atoms with van der Waals surface area (Å²) in [5.74, 6) is -1.93. The lowest BCUT2D eigenvalue weighted by atomic mass is 10.1. The maximum absolute atomic E-state index is 11.7. The monoisotopic (exact) mass is 328 g/mol. The standard InChI is InChI=1S/C17H32N2O4/c1-2-3-4-5-6-7-8-9-10-11-15(20)19-14(17(18)23)12-13-16(21)22/h14H,2-13H2,1H3,(H2,18,23)(H,19,20)(H,21,22). The van der Waals surface area contributed by atoms with E-state index in [0.29, 0.717) is 6.42 Å². The van der Waals surface area contributed by atoms with Crippen LogP contribution in [0.1, 0.15) is 84.0 Å². The Morgan fingerprint density at radius 1 is 0.913 bits per heavy atom. The number of nitrogens with two attached hydrogens (primary N) is 1. The number of unbranched alkanes of at least 4 members (excludes halogenated alkanes) is 8. The van der Waals surface area contributed by atoms with E-state index < -0.39 is 17.9 Å². The van der Waals surface area contributed by atoms with Gasteiger partial charge >= 0.3 is 5.97 Å². The fourth-order valence-corrected chi connectivity index (χ4v) is 2.42. The molecule has 0 aromatic heterocycles. The van der Waals surface area contributed by atoms with Gasteiger partial charge in [-0.15, -0.1) is 0 Å². The molecular weight excluding hydrogens is 296 g/mol. The van der Waals surface area contributed by atoms with Crippen molar-refractivity contribution in [3.63, 3.8) is 0 Å². The highest BCUT2D eigenvalue weighted by atomic mass is 16.4. The Kier molecular flexibility index (Phi) is 13.1. The Hall–Kier alpha value is -1.59. The molecule has 0 aromatic carbocycles. The van der Waals surface area contributed by atoms with Crippen LogP contribution in [0.2, 0.25) is 0 Å². The highest BCUT2D eigenvalue weighted by Crippen LogP contribution is 2.10. The smallest absolute Gasteiger partial charge is 0.303 e. The van der Waals surface area contributed by atoms with Gasteiger partial charge in [0.2, 0.25) is 11.8 Å². The van der Waals surface area contributed by atoms with Crippen LogP contribution in [0.4, 0.5) is 0 Å². The molecule has 0 fully saturated rings. The van der Waals surface area contributed by atoms with E-state index in [9.17, 15) is 14.4 Å². The first kappa shape index (κ1) is 21.4. The molecule has 6 heteroatoms. The van der Waals surface area contributed by atoms with E-state index >= 15 is 0 Å². The zero-order chi connectivity index (χ0) is 17.5. The van der Waals surface area contributed by atoms with Crippen LogP contribution in [0.5, 0.6) is 0 Å². The highest BCUT2D eigenvalue weighted by molar-refractivity contribution is 5.86. The van der Waals surface area contributed by atoms with E-state index in [4.69, 9.17) is 10.8 Å². The molecular formula is C17H32N2O4. The summed E-state index contributed by atoms with van der Waals surface area (Å²) in [4.78, 5) is 33.4. The molecule has 0 bridgehead atoms. The molecule has 1 unspecified atom stereocenters. The number of aliphatic carboxylic acids is 1. The van der Waals surface area contributed by atoms with Crippen LogP contribution in [0, 0.1) is 0 Å². The van der Waals surface area contributed by atoms with Gasteiger partial charge in [-0.25, -0.2) is 0 Å². The second-order valence-electron chi connectivity index (χ2n) is 6.03. The summed E-state index contributed by atoms with van der Waals surface area (Å²) in [5.41, 5.74) is 5.17. The average Bonchev–Trinajstić information content (AvgIpc) is 2.49. The molecule has 23 heavy (non-hydrogen) atoms. The van der Waals surface area contributed by atoms with Gasteiger partial charge in [0, 0.05) is 12.8 Å². The molecule has 0 saturated carbocycles. The van der Waals surface area contributed by atoms with Crippen LogP contribution in [0.25, 0.3) is 0 Å². The summed E-state index contributed by atoms with van der Waals surface area (Å²) in [6.07, 6.45) is 10.7. The normalized spacial score (nSPS) is 11.9. The summed E-state index contributed by atoms with van der Waals surface area (Å²) in [6, 6.07) is -0.892. The molecule has 6 nitrogen and oxygen atoms in total. The van der Waals surface area contributed by atoms with Crippen molar-refractivity contribution in [1.82, 2.24) is 5.32 Å². The lowest BCUT2D eigenvalue weighted by Gasteiger charge is -2.14. The van der Waals surface area contributed by atoms with Gasteiger partial charge in [-0.2, -0.15) is 0 Å². The van der Waals surface area contributed by atoms with Crippen molar-refractivity contribution >= 4 is 17.8 Å². The number of nitrogens with one attached hydrogen (secondary N) is 1. The Labute approximate surface area is 139 Å². The van der Waals surface area contributed by atoms with Gasteiger partial charge in [0.1, 0.15) is 6.04 Å². The average molecular weight is 328 g/mol. The van der Waals surface area contributed by atoms with Gasteiger partial charge in [-0.1, -0.05) is 58.3 Å². The predicted octanol–water partition coefficient (Wildman–Crippen LogP) is 2.74. The third kappa shape index (κ3) is 13.8. The van der Waals surface area contributed by atoms with Crippen molar-refractivity contribution in [2.24, 2.45) is 5.73 Å². The second-order valence-corrected chi connectivity index (χ2v) is 6.03. The molecule has 0 saturated heterocycles. The van der Waals surface area contributed by atoms with Gasteiger partial charge in [0.05, 0.1) is 0 Å². The van der Waals surface area contributed by atoms with Gasteiger partial charge in [0.15, 0.2) is 0 Å². The second kappa shape index (κ2) is 14.0. The van der Waals surface area contributed by atoms with Gasteiger partial charge in [0.25, 0.3) is 0 Å². The third-order valence-corrected chi connectivity index (χ3v) is 3.83. The minimum atomic E-state index is -1.01. The number of carboxylic acid groups (broad SMARTS) is 1. The number of hydrogen-bond donors (Lipinski definition) is 3. The van der Waals surface area contributed by atoms with E-state index in [-0.39, 0.29) is 18.7 Å². The molecule has 0 aromatic rings. The van der Waals surface area contributed by atoms with Crippen molar-refractivity contribution in [3.8, 4) is 0 Å². The van der Waals surface area contributed by atoms with Gasteiger partial charge < -0.3 is 16.2 Å². The quantitative estimate of drug-likeness (QED) is 0.401. The lowest BCUT2D eigenvalue weighted by Crippen LogP contribution is -2.44. The number of primary amides is 1. The molecule has 0 aliphatic rings. The van der Waals surface area contributed by atoms with E-state index in [2.05, 4.69) is 12.2 Å². The van der Waals surface area contributed by atoms with Gasteiger partial charge in [-0.3, -0.25) is 14.4 Å². The Balaban J connectivity index is 3.67. The molecule has 0 radical (unpaired) electrons. The van der Waals surface area contributed by atoms with Crippen molar-refractivity contribution in [2.75, 3.05) is 0 Å². The largest absolute Gasteiger partial charge is 0.481 e. The van der Waals surface area contributed by atoms with Crippen LogP contribution in [-0.2, 0) is 14.4 Å². The molecule has 0 heterocycles. The number of hydrogen-bond acceptors (Lipinski definition) is 3. The van der Waals surface area contributed by atoms with E-state index in [0.717, 1.165) is 19.3 Å². The van der Waals surface area contributed by atoms with E-state index in [1.165, 1.54) is 38.5 Å². The summed E-state index contributed by atoms with van der Waals surface area (Å²) >= 11 is 0. The van der Waals surface area contributed by atoms with Gasteiger partial charge in [-0.05, 0) is 12.8 Å². The third-order valence-electron chi connectivity index (χ3n) is 3.83. The summed E-state index contributed by atoms with van der Waals surface area (Å²) in [7, 11) is 0. The zero-order valence-corrected chi connectivity index (χ0v) is 14.3. The first-order valence-electron chi connectivity index (χ1n) is 8.77. The number of rotatable bonds is 15. The minimum absolute atomic E-state index is 0.0359. The fraction of sp³-hybridized carbons (Fsp3) is 0.824. The highest BCUT2D eigenvalue weighted by Gasteiger charge is 2.18. The molecule has 0 rings (SSSR count). The molecule has 134 valence electrons. The summed E-state index contributed by atoms with van der Waals surface area (Å²) in [6.45, 7) is 2.20. The summed E-state index contributed by atoms with van der Waals surface area (Å²) in [5, 5.41) is 11.1. The fourth-order valence-electron chi connectivity index (χ4n) is 2.42. The molecule has 0 aliphatic heterocycles. The molecule has 4 N–H and O–H groups in total. The molecule has 1 atom stereocenters. The number of carboxylic acids is 1. The Bertz CT molecular complexity index is 359. The van der Waals surface area contributed by atoms with Crippen LogP contribution >= 0.6 is 0 Å². The number of amides is 2.